The van der Waals surface area contributed by atoms with Crippen molar-refractivity contribution < 1.29 is 33.3 Å². The lowest BCUT2D eigenvalue weighted by Gasteiger charge is -2.36. The molecule has 2 amide bonds. The summed E-state index contributed by atoms with van der Waals surface area (Å²) >= 11 is 0. The average molecular weight is 420 g/mol. The van der Waals surface area contributed by atoms with Crippen LogP contribution in [-0.2, 0) is 33.3 Å². The number of anilines is 1. The first-order valence-electron chi connectivity index (χ1n) is 10.0. The Morgan fingerprint density at radius 2 is 1.63 bits per heavy atom. The van der Waals surface area contributed by atoms with E-state index in [1.54, 1.807) is 33.8 Å². The number of fused-ring (bicyclic) bond motifs is 3. The van der Waals surface area contributed by atoms with E-state index in [0.717, 1.165) is 5.56 Å². The lowest BCUT2D eigenvalue weighted by atomic mass is 9.98. The van der Waals surface area contributed by atoms with Gasteiger partial charge in [0.1, 0.15) is 18.3 Å². The molecule has 3 fully saturated rings. The predicted octanol–water partition coefficient (Wildman–Crippen LogP) is 1.45. The Kier molecular flexibility index (Phi) is 5.36. The number of carbonyl (C=O) groups excluding carboxylic acids is 2. The Bertz CT molecular complexity index is 840. The average Bonchev–Trinajstić information content (AvgIpc) is 3.12. The maximum Gasteiger partial charge on any atom is 0.252 e. The van der Waals surface area contributed by atoms with Crippen LogP contribution < -0.4 is 10.6 Å². The van der Waals surface area contributed by atoms with E-state index in [4.69, 9.17) is 23.7 Å². The van der Waals surface area contributed by atoms with Crippen LogP contribution in [0.5, 0.6) is 0 Å². The first-order valence-corrected chi connectivity index (χ1v) is 10.0. The predicted molar refractivity (Wildman–Crippen MR) is 105 cm³/mol. The van der Waals surface area contributed by atoms with Gasteiger partial charge in [-0.1, -0.05) is 12.1 Å². The Hall–Kier alpha value is -2.04. The molecule has 0 saturated carbocycles. The third kappa shape index (κ3) is 4.35. The summed E-state index contributed by atoms with van der Waals surface area (Å²) < 4.78 is 29.5. The smallest absolute Gasteiger partial charge is 0.252 e. The summed E-state index contributed by atoms with van der Waals surface area (Å²) in [4.78, 5) is 25.1. The van der Waals surface area contributed by atoms with Crippen molar-refractivity contribution in [1.29, 1.82) is 0 Å². The maximum atomic E-state index is 12.9. The van der Waals surface area contributed by atoms with Gasteiger partial charge in [0.05, 0.1) is 6.54 Å². The summed E-state index contributed by atoms with van der Waals surface area (Å²) in [5, 5.41) is 5.37. The summed E-state index contributed by atoms with van der Waals surface area (Å²) in [5.74, 6) is -2.58. The van der Waals surface area contributed by atoms with Gasteiger partial charge in [-0.15, -0.1) is 0 Å². The van der Waals surface area contributed by atoms with Crippen molar-refractivity contribution in [3.63, 3.8) is 0 Å². The minimum absolute atomic E-state index is 0.203. The van der Waals surface area contributed by atoms with E-state index >= 15 is 0 Å². The van der Waals surface area contributed by atoms with Crippen LogP contribution in [-0.4, -0.2) is 60.6 Å². The van der Waals surface area contributed by atoms with E-state index in [1.165, 1.54) is 0 Å². The zero-order valence-electron chi connectivity index (χ0n) is 17.8. The van der Waals surface area contributed by atoms with Crippen LogP contribution in [0.3, 0.4) is 0 Å². The van der Waals surface area contributed by atoms with Crippen LogP contribution in [0, 0.1) is 6.92 Å². The summed E-state index contributed by atoms with van der Waals surface area (Å²) in [6, 6.07) is 7.41. The van der Waals surface area contributed by atoms with Crippen molar-refractivity contribution in [2.75, 3.05) is 11.9 Å². The number of amides is 2. The highest BCUT2D eigenvalue weighted by Gasteiger charge is 2.62. The molecular formula is C21H28N2O7. The van der Waals surface area contributed by atoms with E-state index in [0.29, 0.717) is 5.69 Å². The van der Waals surface area contributed by atoms with E-state index in [9.17, 15) is 9.59 Å². The summed E-state index contributed by atoms with van der Waals surface area (Å²) in [5.41, 5.74) is 1.69. The number of rotatable bonds is 4. The summed E-state index contributed by atoms with van der Waals surface area (Å²) in [7, 11) is 0. The van der Waals surface area contributed by atoms with Crippen molar-refractivity contribution in [2.24, 2.45) is 0 Å². The van der Waals surface area contributed by atoms with E-state index < -0.39 is 48.2 Å². The molecule has 9 heteroatoms. The molecule has 164 valence electrons. The maximum absolute atomic E-state index is 12.9. The van der Waals surface area contributed by atoms with E-state index in [-0.39, 0.29) is 12.5 Å². The quantitative estimate of drug-likeness (QED) is 0.760. The van der Waals surface area contributed by atoms with Crippen LogP contribution >= 0.6 is 0 Å². The third-order valence-corrected chi connectivity index (χ3v) is 5.14. The zero-order valence-corrected chi connectivity index (χ0v) is 17.8. The lowest BCUT2D eigenvalue weighted by molar-refractivity contribution is -0.231. The molecule has 0 bridgehead atoms. The first-order chi connectivity index (χ1) is 14.0. The molecule has 0 radical (unpaired) electrons. The molecule has 3 aliphatic heterocycles. The second-order valence-electron chi connectivity index (χ2n) is 8.73. The van der Waals surface area contributed by atoms with Gasteiger partial charge in [-0.25, -0.2) is 0 Å². The summed E-state index contributed by atoms with van der Waals surface area (Å²) in [6.45, 7) is 8.82. The Balaban J connectivity index is 1.41. The molecule has 5 unspecified atom stereocenters. The number of hydrogen-bond donors (Lipinski definition) is 2. The van der Waals surface area contributed by atoms with Gasteiger partial charge in [0.2, 0.25) is 5.91 Å². The van der Waals surface area contributed by atoms with Gasteiger partial charge in [0.25, 0.3) is 5.91 Å². The van der Waals surface area contributed by atoms with Gasteiger partial charge in [-0.05, 0) is 52.3 Å². The third-order valence-electron chi connectivity index (χ3n) is 5.14. The van der Waals surface area contributed by atoms with Crippen LogP contribution in [0.2, 0.25) is 0 Å². The van der Waals surface area contributed by atoms with Crippen molar-refractivity contribution in [1.82, 2.24) is 5.32 Å². The van der Waals surface area contributed by atoms with Gasteiger partial charge >= 0.3 is 0 Å². The van der Waals surface area contributed by atoms with Gasteiger partial charge in [0, 0.05) is 5.69 Å². The van der Waals surface area contributed by atoms with Crippen molar-refractivity contribution in [3.8, 4) is 0 Å². The van der Waals surface area contributed by atoms with Crippen molar-refractivity contribution >= 4 is 17.5 Å². The van der Waals surface area contributed by atoms with Crippen LogP contribution in [0.1, 0.15) is 33.3 Å². The monoisotopic (exact) mass is 420 g/mol. The number of aryl methyl sites for hydroxylation is 1. The standard InChI is InChI=1S/C21H28N2O7/c1-11-7-6-8-12(9-11)23-13(24)10-22-18(25)16-14-15(28-20(2,3)27-14)17-19(26-16)30-21(4,5)29-17/h6-9,14-17,19H,10H2,1-5H3,(H,22,25)(H,23,24). The SMILES string of the molecule is Cc1cccc(NC(=O)CNC(=O)C2OC3OC(C)(C)OC3C3OC(C)(C)OC23)c1. The molecule has 4 rings (SSSR count). The Morgan fingerprint density at radius 3 is 2.37 bits per heavy atom. The Labute approximate surface area is 175 Å². The number of benzene rings is 1. The zero-order chi connectivity index (χ0) is 21.7. The first kappa shape index (κ1) is 21.2. The topological polar surface area (TPSA) is 104 Å². The molecular weight excluding hydrogens is 392 g/mol. The number of ether oxygens (including phenoxy) is 5. The second-order valence-corrected chi connectivity index (χ2v) is 8.73. The highest BCUT2D eigenvalue weighted by atomic mass is 16.9. The van der Waals surface area contributed by atoms with Crippen LogP contribution in [0.4, 0.5) is 5.69 Å². The molecule has 5 atom stereocenters. The van der Waals surface area contributed by atoms with Gasteiger partial charge in [-0.2, -0.15) is 0 Å². The molecule has 2 N–H and O–H groups in total. The normalized spacial score (nSPS) is 33.4. The van der Waals surface area contributed by atoms with Crippen LogP contribution in [0.15, 0.2) is 24.3 Å². The second kappa shape index (κ2) is 7.58. The molecule has 0 aromatic heterocycles. The minimum Gasteiger partial charge on any atom is -0.345 e. The number of carbonyl (C=O) groups is 2. The fourth-order valence-electron chi connectivity index (χ4n) is 4.02. The number of nitrogens with one attached hydrogen (secondary N) is 2. The fourth-order valence-corrected chi connectivity index (χ4v) is 4.02. The Morgan fingerprint density at radius 1 is 0.967 bits per heavy atom. The highest BCUT2D eigenvalue weighted by Crippen LogP contribution is 2.44. The van der Waals surface area contributed by atoms with Crippen molar-refractivity contribution in [2.45, 2.75) is 76.9 Å². The molecule has 30 heavy (non-hydrogen) atoms. The van der Waals surface area contributed by atoms with Crippen molar-refractivity contribution in [3.05, 3.63) is 29.8 Å². The van der Waals surface area contributed by atoms with Gasteiger partial charge < -0.3 is 34.3 Å². The molecule has 3 saturated heterocycles. The molecule has 1 aromatic carbocycles. The minimum atomic E-state index is -0.998. The fraction of sp³-hybridized carbons (Fsp3) is 0.619. The molecule has 9 nitrogen and oxygen atoms in total. The highest BCUT2D eigenvalue weighted by molar-refractivity contribution is 5.95. The summed E-state index contributed by atoms with van der Waals surface area (Å²) in [6.07, 6.45) is -3.49. The largest absolute Gasteiger partial charge is 0.345 e. The van der Waals surface area contributed by atoms with Crippen LogP contribution in [0.25, 0.3) is 0 Å². The lowest BCUT2D eigenvalue weighted by Crippen LogP contribution is -2.59. The van der Waals surface area contributed by atoms with Gasteiger partial charge in [0.15, 0.2) is 24.0 Å². The molecule has 0 spiro atoms. The molecule has 1 aromatic rings. The molecule has 3 aliphatic rings. The van der Waals surface area contributed by atoms with E-state index in [1.807, 2.05) is 25.1 Å². The molecule has 0 aliphatic carbocycles. The van der Waals surface area contributed by atoms with E-state index in [2.05, 4.69) is 10.6 Å². The van der Waals surface area contributed by atoms with Gasteiger partial charge in [-0.3, -0.25) is 9.59 Å². The number of hydrogen-bond acceptors (Lipinski definition) is 7. The molecule has 3 heterocycles.